The van der Waals surface area contributed by atoms with E-state index in [9.17, 15) is 4.79 Å². The van der Waals surface area contributed by atoms with Crippen molar-refractivity contribution in [2.75, 3.05) is 31.6 Å². The third kappa shape index (κ3) is 4.31. The predicted octanol–water partition coefficient (Wildman–Crippen LogP) is 3.25. The molecule has 2 heterocycles. The summed E-state index contributed by atoms with van der Waals surface area (Å²) in [7, 11) is 1.84. The van der Waals surface area contributed by atoms with Gasteiger partial charge in [-0.15, -0.1) is 0 Å². The maximum atomic E-state index is 12.8. The van der Waals surface area contributed by atoms with Crippen LogP contribution in [0.15, 0.2) is 36.5 Å². The number of hydrogen-bond acceptors (Lipinski definition) is 5. The maximum Gasteiger partial charge on any atom is 0.257 e. The number of para-hydroxylation sites is 2. The summed E-state index contributed by atoms with van der Waals surface area (Å²) in [4.78, 5) is 19.4. The molecule has 0 aliphatic heterocycles. The number of aromatic nitrogens is 3. The fourth-order valence-corrected chi connectivity index (χ4v) is 3.15. The van der Waals surface area contributed by atoms with Gasteiger partial charge in [-0.25, -0.2) is 4.98 Å². The molecule has 148 valence electrons. The Kier molecular flexibility index (Phi) is 6.26. The fourth-order valence-electron chi connectivity index (χ4n) is 3.15. The Morgan fingerprint density at radius 2 is 2.00 bits per heavy atom. The normalized spacial score (nSPS) is 11.2. The molecule has 0 fully saturated rings. The first-order chi connectivity index (χ1) is 13.5. The van der Waals surface area contributed by atoms with Gasteiger partial charge in [-0.2, -0.15) is 5.10 Å². The number of rotatable bonds is 8. The molecule has 0 aliphatic rings. The Labute approximate surface area is 165 Å². The van der Waals surface area contributed by atoms with Gasteiger partial charge in [0.05, 0.1) is 16.9 Å². The third-order valence-corrected chi connectivity index (χ3v) is 4.82. The standard InChI is InChI=1S/C21H27N5O2/c1-5-26(6-2)11-12-28-19-10-8-7-9-18(19)23-21(27)16-13-17-15(3)24-25(4)20(17)22-14-16/h7-10,13-14H,5-6,11-12H2,1-4H3,(H,23,27). The van der Waals surface area contributed by atoms with Gasteiger partial charge < -0.3 is 15.0 Å². The molecule has 0 radical (unpaired) electrons. The number of hydrogen-bond donors (Lipinski definition) is 1. The Morgan fingerprint density at radius 3 is 2.75 bits per heavy atom. The summed E-state index contributed by atoms with van der Waals surface area (Å²) in [6.45, 7) is 9.56. The van der Waals surface area contributed by atoms with Gasteiger partial charge in [0.2, 0.25) is 0 Å². The highest BCUT2D eigenvalue weighted by atomic mass is 16.5. The number of benzene rings is 1. The molecule has 0 saturated heterocycles. The summed E-state index contributed by atoms with van der Waals surface area (Å²) >= 11 is 0. The average Bonchev–Trinajstić information content (AvgIpc) is 2.99. The molecule has 3 aromatic rings. The van der Waals surface area contributed by atoms with Crippen LogP contribution >= 0.6 is 0 Å². The predicted molar refractivity (Wildman–Crippen MR) is 111 cm³/mol. The second-order valence-corrected chi connectivity index (χ2v) is 6.63. The number of anilines is 1. The van der Waals surface area contributed by atoms with Gasteiger partial charge in [0, 0.05) is 25.2 Å². The monoisotopic (exact) mass is 381 g/mol. The van der Waals surface area contributed by atoms with Crippen molar-refractivity contribution in [1.29, 1.82) is 0 Å². The molecular weight excluding hydrogens is 354 g/mol. The van der Waals surface area contributed by atoms with E-state index < -0.39 is 0 Å². The molecule has 28 heavy (non-hydrogen) atoms. The van der Waals surface area contributed by atoms with E-state index in [2.05, 4.69) is 34.1 Å². The van der Waals surface area contributed by atoms with Gasteiger partial charge in [0.25, 0.3) is 5.91 Å². The Morgan fingerprint density at radius 1 is 1.25 bits per heavy atom. The molecule has 2 aromatic heterocycles. The van der Waals surface area contributed by atoms with Crippen LogP contribution in [0.5, 0.6) is 5.75 Å². The number of aryl methyl sites for hydroxylation is 2. The van der Waals surface area contributed by atoms with Crippen molar-refractivity contribution in [2.24, 2.45) is 7.05 Å². The van der Waals surface area contributed by atoms with Crippen molar-refractivity contribution in [2.45, 2.75) is 20.8 Å². The van der Waals surface area contributed by atoms with Gasteiger partial charge in [0.15, 0.2) is 5.65 Å². The number of nitrogens with one attached hydrogen (secondary N) is 1. The molecule has 0 saturated carbocycles. The number of amides is 1. The van der Waals surface area contributed by atoms with Crippen LogP contribution in [0.1, 0.15) is 29.9 Å². The molecule has 0 unspecified atom stereocenters. The topological polar surface area (TPSA) is 72.3 Å². The molecular formula is C21H27N5O2. The molecule has 3 rings (SSSR count). The molecule has 1 aromatic carbocycles. The quantitative estimate of drug-likeness (QED) is 0.648. The molecule has 0 aliphatic carbocycles. The molecule has 0 atom stereocenters. The zero-order valence-corrected chi connectivity index (χ0v) is 16.9. The lowest BCUT2D eigenvalue weighted by Gasteiger charge is -2.19. The van der Waals surface area contributed by atoms with Crippen LogP contribution < -0.4 is 10.1 Å². The van der Waals surface area contributed by atoms with Crippen LogP contribution in [0.2, 0.25) is 0 Å². The van der Waals surface area contributed by atoms with E-state index in [1.165, 1.54) is 0 Å². The molecule has 7 nitrogen and oxygen atoms in total. The van der Waals surface area contributed by atoms with E-state index >= 15 is 0 Å². The van der Waals surface area contributed by atoms with Gasteiger partial charge in [-0.1, -0.05) is 26.0 Å². The van der Waals surface area contributed by atoms with Crippen LogP contribution in [0.4, 0.5) is 5.69 Å². The minimum atomic E-state index is -0.225. The lowest BCUT2D eigenvalue weighted by molar-refractivity contribution is 0.102. The summed E-state index contributed by atoms with van der Waals surface area (Å²) in [6.07, 6.45) is 1.57. The fraction of sp³-hybridized carbons (Fsp3) is 0.381. The van der Waals surface area contributed by atoms with E-state index in [1.54, 1.807) is 10.9 Å². The smallest absolute Gasteiger partial charge is 0.257 e. The second-order valence-electron chi connectivity index (χ2n) is 6.63. The van der Waals surface area contributed by atoms with Gasteiger partial charge in [0.1, 0.15) is 12.4 Å². The van der Waals surface area contributed by atoms with E-state index in [0.717, 1.165) is 36.4 Å². The largest absolute Gasteiger partial charge is 0.490 e. The van der Waals surface area contributed by atoms with Crippen molar-refractivity contribution >= 4 is 22.6 Å². The van der Waals surface area contributed by atoms with E-state index in [4.69, 9.17) is 4.74 Å². The SMILES string of the molecule is CCN(CC)CCOc1ccccc1NC(=O)c1cnc2c(c1)c(C)nn2C. The lowest BCUT2D eigenvalue weighted by atomic mass is 10.2. The second kappa shape index (κ2) is 8.84. The van der Waals surface area contributed by atoms with Gasteiger partial charge >= 0.3 is 0 Å². The van der Waals surface area contributed by atoms with Crippen molar-refractivity contribution in [3.63, 3.8) is 0 Å². The molecule has 1 amide bonds. The van der Waals surface area contributed by atoms with Crippen molar-refractivity contribution in [3.8, 4) is 5.75 Å². The minimum absolute atomic E-state index is 0.225. The summed E-state index contributed by atoms with van der Waals surface area (Å²) in [5.74, 6) is 0.437. The van der Waals surface area contributed by atoms with Crippen LogP contribution in [-0.2, 0) is 7.05 Å². The van der Waals surface area contributed by atoms with Crippen LogP contribution in [-0.4, -0.2) is 51.8 Å². The number of fused-ring (bicyclic) bond motifs is 1. The van der Waals surface area contributed by atoms with Crippen LogP contribution in [0.3, 0.4) is 0 Å². The number of pyridine rings is 1. The van der Waals surface area contributed by atoms with Crippen molar-refractivity contribution in [1.82, 2.24) is 19.7 Å². The summed E-state index contributed by atoms with van der Waals surface area (Å²) in [5.41, 5.74) is 2.74. The first-order valence-corrected chi connectivity index (χ1v) is 9.58. The Bertz CT molecular complexity index is 963. The van der Waals surface area contributed by atoms with Crippen molar-refractivity contribution in [3.05, 3.63) is 47.8 Å². The highest BCUT2D eigenvalue weighted by Gasteiger charge is 2.14. The van der Waals surface area contributed by atoms with Crippen molar-refractivity contribution < 1.29 is 9.53 Å². The van der Waals surface area contributed by atoms with Gasteiger partial charge in [-0.05, 0) is 38.2 Å². The molecule has 0 spiro atoms. The van der Waals surface area contributed by atoms with E-state index in [0.29, 0.717) is 23.6 Å². The lowest BCUT2D eigenvalue weighted by Crippen LogP contribution is -2.28. The molecule has 1 N–H and O–H groups in total. The average molecular weight is 381 g/mol. The molecule has 7 heteroatoms. The zero-order chi connectivity index (χ0) is 20.1. The first-order valence-electron chi connectivity index (χ1n) is 9.58. The number of nitrogens with zero attached hydrogens (tertiary/aromatic N) is 4. The van der Waals surface area contributed by atoms with Crippen LogP contribution in [0.25, 0.3) is 11.0 Å². The maximum absolute atomic E-state index is 12.8. The number of ether oxygens (including phenoxy) is 1. The summed E-state index contributed by atoms with van der Waals surface area (Å²) < 4.78 is 7.63. The highest BCUT2D eigenvalue weighted by molar-refractivity contribution is 6.06. The Balaban J connectivity index is 1.73. The number of carbonyl (C=O) groups is 1. The molecule has 0 bridgehead atoms. The van der Waals surface area contributed by atoms with E-state index in [-0.39, 0.29) is 5.91 Å². The van der Waals surface area contributed by atoms with Crippen LogP contribution in [0, 0.1) is 6.92 Å². The number of carbonyl (C=O) groups excluding carboxylic acids is 1. The third-order valence-electron chi connectivity index (χ3n) is 4.82. The minimum Gasteiger partial charge on any atom is -0.490 e. The summed E-state index contributed by atoms with van der Waals surface area (Å²) in [5, 5.41) is 8.16. The first kappa shape index (κ1) is 19.8. The Hall–Kier alpha value is -2.93. The van der Waals surface area contributed by atoms with E-state index in [1.807, 2.05) is 44.3 Å². The zero-order valence-electron chi connectivity index (χ0n) is 16.9. The summed E-state index contributed by atoms with van der Waals surface area (Å²) in [6, 6.07) is 9.30. The number of likely N-dealkylation sites (N-methyl/N-ethyl adjacent to an activating group) is 1. The highest BCUT2D eigenvalue weighted by Crippen LogP contribution is 2.25. The van der Waals surface area contributed by atoms with Gasteiger partial charge in [-0.3, -0.25) is 9.48 Å².